The number of hydrogen-bond acceptors (Lipinski definition) is 3. The fourth-order valence-corrected chi connectivity index (χ4v) is 2.51. The fourth-order valence-electron chi connectivity index (χ4n) is 2.51. The van der Waals surface area contributed by atoms with E-state index < -0.39 is 0 Å². The summed E-state index contributed by atoms with van der Waals surface area (Å²) in [5.41, 5.74) is 2.26. The van der Waals surface area contributed by atoms with Gasteiger partial charge in [-0.05, 0) is 45.4 Å². The van der Waals surface area contributed by atoms with E-state index in [4.69, 9.17) is 4.74 Å². The van der Waals surface area contributed by atoms with Gasteiger partial charge in [0.1, 0.15) is 12.4 Å². The van der Waals surface area contributed by atoms with Gasteiger partial charge in [0.2, 0.25) is 0 Å². The van der Waals surface area contributed by atoms with E-state index in [1.165, 1.54) is 5.69 Å². The van der Waals surface area contributed by atoms with Crippen LogP contribution in [0.2, 0.25) is 0 Å². The van der Waals surface area contributed by atoms with Crippen molar-refractivity contribution in [3.8, 4) is 5.75 Å². The van der Waals surface area contributed by atoms with Gasteiger partial charge in [0, 0.05) is 25.3 Å². The van der Waals surface area contributed by atoms with Crippen molar-refractivity contribution in [2.45, 2.75) is 33.7 Å². The number of benzene rings is 1. The Morgan fingerprint density at radius 2 is 2.00 bits per heavy atom. The van der Waals surface area contributed by atoms with Crippen LogP contribution in [-0.2, 0) is 6.54 Å². The first-order valence-electron chi connectivity index (χ1n) is 8.90. The zero-order valence-corrected chi connectivity index (χ0v) is 15.5. The van der Waals surface area contributed by atoms with Gasteiger partial charge in [0.15, 0.2) is 5.96 Å². The van der Waals surface area contributed by atoms with Crippen molar-refractivity contribution in [1.82, 2.24) is 20.4 Å². The zero-order chi connectivity index (χ0) is 17.9. The highest BCUT2D eigenvalue weighted by Gasteiger charge is 2.01. The topological polar surface area (TPSA) is 63.5 Å². The Morgan fingerprint density at radius 3 is 2.68 bits per heavy atom. The van der Waals surface area contributed by atoms with Gasteiger partial charge in [-0.25, -0.2) is 0 Å². The summed E-state index contributed by atoms with van der Waals surface area (Å²) in [5.74, 6) is 1.71. The predicted octanol–water partition coefficient (Wildman–Crippen LogP) is 2.52. The van der Waals surface area contributed by atoms with Crippen LogP contribution < -0.4 is 15.4 Å². The van der Waals surface area contributed by atoms with E-state index >= 15 is 0 Å². The largest absolute Gasteiger partial charge is 0.492 e. The molecule has 6 nitrogen and oxygen atoms in total. The van der Waals surface area contributed by atoms with Crippen LogP contribution in [0.25, 0.3) is 0 Å². The quantitative estimate of drug-likeness (QED) is 0.417. The molecule has 25 heavy (non-hydrogen) atoms. The standard InChI is InChI=1S/C19H29N5O/c1-4-20-19(22-12-14-25-18-9-6-5-7-10-18)21-11-8-13-24-17(3)15-16(2)23-24/h5-7,9-10,15H,4,8,11-14H2,1-3H3,(H2,20,21,22). The summed E-state index contributed by atoms with van der Waals surface area (Å²) in [4.78, 5) is 4.61. The van der Waals surface area contributed by atoms with Gasteiger partial charge < -0.3 is 15.4 Å². The molecule has 1 aromatic heterocycles. The van der Waals surface area contributed by atoms with Crippen LogP contribution in [0.15, 0.2) is 41.4 Å². The smallest absolute Gasteiger partial charge is 0.191 e. The lowest BCUT2D eigenvalue weighted by molar-refractivity contribution is 0.322. The normalized spacial score (nSPS) is 11.4. The zero-order valence-electron chi connectivity index (χ0n) is 15.5. The Balaban J connectivity index is 1.69. The monoisotopic (exact) mass is 343 g/mol. The van der Waals surface area contributed by atoms with Crippen LogP contribution in [-0.4, -0.2) is 42.0 Å². The van der Waals surface area contributed by atoms with Crippen molar-refractivity contribution in [1.29, 1.82) is 0 Å². The molecule has 2 N–H and O–H groups in total. The van der Waals surface area contributed by atoms with Crippen LogP contribution >= 0.6 is 0 Å². The van der Waals surface area contributed by atoms with Gasteiger partial charge >= 0.3 is 0 Å². The molecule has 2 rings (SSSR count). The van der Waals surface area contributed by atoms with Crippen molar-refractivity contribution in [3.63, 3.8) is 0 Å². The molecule has 0 aliphatic rings. The molecule has 1 heterocycles. The van der Waals surface area contributed by atoms with Gasteiger partial charge in [-0.3, -0.25) is 9.67 Å². The number of hydrogen-bond donors (Lipinski definition) is 2. The Morgan fingerprint density at radius 1 is 1.20 bits per heavy atom. The third-order valence-electron chi connectivity index (χ3n) is 3.65. The summed E-state index contributed by atoms with van der Waals surface area (Å²) in [7, 11) is 0. The number of aryl methyl sites for hydroxylation is 3. The van der Waals surface area contributed by atoms with Gasteiger partial charge in [0.05, 0.1) is 12.2 Å². The van der Waals surface area contributed by atoms with Crippen LogP contribution in [0.4, 0.5) is 0 Å². The highest BCUT2D eigenvalue weighted by molar-refractivity contribution is 5.79. The van der Waals surface area contributed by atoms with Crippen molar-refractivity contribution in [2.24, 2.45) is 4.99 Å². The fraction of sp³-hybridized carbons (Fsp3) is 0.474. The maximum Gasteiger partial charge on any atom is 0.191 e. The molecule has 0 atom stereocenters. The van der Waals surface area contributed by atoms with E-state index in [1.54, 1.807) is 0 Å². The lowest BCUT2D eigenvalue weighted by Gasteiger charge is -2.12. The predicted molar refractivity (Wildman–Crippen MR) is 102 cm³/mol. The molecule has 136 valence electrons. The van der Waals surface area contributed by atoms with Gasteiger partial charge in [-0.2, -0.15) is 5.10 Å². The van der Waals surface area contributed by atoms with Crippen LogP contribution in [0.1, 0.15) is 24.7 Å². The summed E-state index contributed by atoms with van der Waals surface area (Å²) < 4.78 is 7.72. The van der Waals surface area contributed by atoms with E-state index in [9.17, 15) is 0 Å². The molecule has 0 amide bonds. The minimum absolute atomic E-state index is 0.597. The maximum atomic E-state index is 5.68. The van der Waals surface area contributed by atoms with E-state index in [2.05, 4.69) is 40.6 Å². The molecule has 2 aromatic rings. The molecular formula is C19H29N5O. The summed E-state index contributed by atoms with van der Waals surface area (Å²) in [6, 6.07) is 11.9. The van der Waals surface area contributed by atoms with Crippen molar-refractivity contribution < 1.29 is 4.74 Å². The third kappa shape index (κ3) is 6.87. The second-order valence-electron chi connectivity index (χ2n) is 5.85. The Hall–Kier alpha value is -2.50. The number of nitrogens with one attached hydrogen (secondary N) is 2. The summed E-state index contributed by atoms with van der Waals surface area (Å²) >= 11 is 0. The first-order chi connectivity index (χ1) is 12.2. The SMILES string of the molecule is CCNC(=NCCCn1nc(C)cc1C)NCCOc1ccccc1. The molecule has 0 fully saturated rings. The van der Waals surface area contributed by atoms with Crippen molar-refractivity contribution >= 4 is 5.96 Å². The lowest BCUT2D eigenvalue weighted by Crippen LogP contribution is -2.39. The first kappa shape index (κ1) is 18.8. The Kier molecular flexibility index (Phi) is 7.82. The molecule has 0 spiro atoms. The van der Waals surface area contributed by atoms with E-state index in [0.717, 1.165) is 43.5 Å². The van der Waals surface area contributed by atoms with E-state index in [1.807, 2.05) is 41.9 Å². The van der Waals surface area contributed by atoms with Gasteiger partial charge in [-0.1, -0.05) is 18.2 Å². The summed E-state index contributed by atoms with van der Waals surface area (Å²) in [6.07, 6.45) is 0.957. The van der Waals surface area contributed by atoms with E-state index in [-0.39, 0.29) is 0 Å². The second-order valence-corrected chi connectivity index (χ2v) is 5.85. The molecule has 0 saturated heterocycles. The van der Waals surface area contributed by atoms with Crippen molar-refractivity contribution in [2.75, 3.05) is 26.2 Å². The second kappa shape index (κ2) is 10.4. The molecule has 0 aliphatic heterocycles. The third-order valence-corrected chi connectivity index (χ3v) is 3.65. The minimum atomic E-state index is 0.597. The van der Waals surface area contributed by atoms with Gasteiger partial charge in [0.25, 0.3) is 0 Å². The van der Waals surface area contributed by atoms with Gasteiger partial charge in [-0.15, -0.1) is 0 Å². The lowest BCUT2D eigenvalue weighted by atomic mass is 10.3. The molecule has 0 unspecified atom stereocenters. The number of para-hydroxylation sites is 1. The maximum absolute atomic E-state index is 5.68. The van der Waals surface area contributed by atoms with Crippen LogP contribution in [0, 0.1) is 13.8 Å². The van der Waals surface area contributed by atoms with Crippen LogP contribution in [0.3, 0.4) is 0 Å². The molecule has 0 saturated carbocycles. The minimum Gasteiger partial charge on any atom is -0.492 e. The molecule has 0 bridgehead atoms. The average molecular weight is 343 g/mol. The number of ether oxygens (including phenoxy) is 1. The van der Waals surface area contributed by atoms with E-state index in [0.29, 0.717) is 13.2 Å². The highest BCUT2D eigenvalue weighted by Crippen LogP contribution is 2.07. The number of aromatic nitrogens is 2. The molecule has 6 heteroatoms. The molecule has 1 aromatic carbocycles. The van der Waals surface area contributed by atoms with Crippen LogP contribution in [0.5, 0.6) is 5.75 Å². The molecule has 0 radical (unpaired) electrons. The number of nitrogens with zero attached hydrogens (tertiary/aromatic N) is 3. The first-order valence-corrected chi connectivity index (χ1v) is 8.90. The number of aliphatic imine (C=N–C) groups is 1. The van der Waals surface area contributed by atoms with Crippen molar-refractivity contribution in [3.05, 3.63) is 47.8 Å². The highest BCUT2D eigenvalue weighted by atomic mass is 16.5. The Labute approximate surface area is 150 Å². The molecule has 0 aliphatic carbocycles. The molecular weight excluding hydrogens is 314 g/mol. The average Bonchev–Trinajstić information content (AvgIpc) is 2.93. The Bertz CT molecular complexity index is 651. The number of guanidine groups is 1. The summed E-state index contributed by atoms with van der Waals surface area (Å²) in [6.45, 7) is 9.95. The summed E-state index contributed by atoms with van der Waals surface area (Å²) in [5, 5.41) is 11.0. The number of rotatable bonds is 9.